The van der Waals surface area contributed by atoms with Gasteiger partial charge in [0.25, 0.3) is 12.1 Å². The summed E-state index contributed by atoms with van der Waals surface area (Å²) >= 11 is 5.62. The summed E-state index contributed by atoms with van der Waals surface area (Å²) in [6.07, 6.45) is -2.85. The number of anilines is 1. The molecule has 1 atom stereocenters. The molecule has 1 unspecified atom stereocenters. The monoisotopic (exact) mass is 275 g/mol. The lowest BCUT2D eigenvalue weighted by atomic mass is 10.1. The zero-order valence-electron chi connectivity index (χ0n) is 8.49. The summed E-state index contributed by atoms with van der Waals surface area (Å²) in [5.41, 5.74) is -1.27. The lowest BCUT2D eigenvalue weighted by Crippen LogP contribution is -2.42. The highest BCUT2D eigenvalue weighted by molar-refractivity contribution is 6.55. The molecule has 0 radical (unpaired) electrons. The third kappa shape index (κ3) is 1.55. The average Bonchev–Trinajstić information content (AvgIpc) is 2.58. The number of carbonyl (C=O) groups is 3. The third-order valence-electron chi connectivity index (χ3n) is 2.39. The fraction of sp³-hybridized carbons (Fsp3) is 0.100. The number of hydrogen-bond donors (Lipinski definition) is 1. The van der Waals surface area contributed by atoms with Gasteiger partial charge >= 0.3 is 11.9 Å². The lowest BCUT2D eigenvalue weighted by Gasteiger charge is -2.18. The van der Waals surface area contributed by atoms with E-state index in [1.807, 2.05) is 0 Å². The van der Waals surface area contributed by atoms with Crippen LogP contribution in [0, 0.1) is 5.82 Å². The summed E-state index contributed by atoms with van der Waals surface area (Å²) < 4.78 is 26.9. The van der Waals surface area contributed by atoms with Gasteiger partial charge in [0.15, 0.2) is 0 Å². The number of nitrogens with zero attached hydrogens (tertiary/aromatic N) is 1. The molecule has 2 rings (SSSR count). The van der Waals surface area contributed by atoms with Crippen molar-refractivity contribution in [1.29, 1.82) is 0 Å². The molecule has 0 spiro atoms. The van der Waals surface area contributed by atoms with Gasteiger partial charge in [-0.3, -0.25) is 14.5 Å². The first-order chi connectivity index (χ1) is 8.36. The van der Waals surface area contributed by atoms with Gasteiger partial charge in [0.05, 0.1) is 16.3 Å². The molecule has 0 bridgehead atoms. The summed E-state index contributed by atoms with van der Waals surface area (Å²) in [6.45, 7) is 0. The maximum absolute atomic E-state index is 13.5. The van der Waals surface area contributed by atoms with Crippen LogP contribution in [0.2, 0.25) is 5.02 Å². The fourth-order valence-electron chi connectivity index (χ4n) is 1.64. The molecule has 0 saturated carbocycles. The van der Waals surface area contributed by atoms with Crippen LogP contribution in [0.25, 0.3) is 0 Å². The molecule has 1 N–H and O–H groups in total. The van der Waals surface area contributed by atoms with Crippen LogP contribution in [0.1, 0.15) is 10.4 Å². The van der Waals surface area contributed by atoms with E-state index in [1.54, 1.807) is 0 Å². The van der Waals surface area contributed by atoms with Gasteiger partial charge in [0.1, 0.15) is 5.82 Å². The van der Waals surface area contributed by atoms with Gasteiger partial charge in [-0.05, 0) is 12.1 Å². The van der Waals surface area contributed by atoms with Crippen LogP contribution in [-0.4, -0.2) is 29.1 Å². The molecule has 1 aromatic carbocycles. The van der Waals surface area contributed by atoms with E-state index in [1.165, 1.54) is 0 Å². The Morgan fingerprint density at radius 3 is 2.56 bits per heavy atom. The van der Waals surface area contributed by atoms with Gasteiger partial charge in [-0.2, -0.15) is 0 Å². The first-order valence-electron chi connectivity index (χ1n) is 4.59. The van der Waals surface area contributed by atoms with Gasteiger partial charge in [-0.1, -0.05) is 11.6 Å². The number of alkyl halides is 1. The van der Waals surface area contributed by atoms with E-state index in [-0.39, 0.29) is 9.92 Å². The van der Waals surface area contributed by atoms with E-state index < -0.39 is 41.0 Å². The Morgan fingerprint density at radius 1 is 1.39 bits per heavy atom. The number of amides is 1. The number of rotatable bonds is 2. The summed E-state index contributed by atoms with van der Waals surface area (Å²) in [4.78, 5) is 33.4. The normalized spacial score (nSPS) is 15.8. The van der Waals surface area contributed by atoms with Crippen molar-refractivity contribution in [3.8, 4) is 0 Å². The Balaban J connectivity index is 2.69. The molecule has 1 amide bonds. The van der Waals surface area contributed by atoms with Crippen molar-refractivity contribution in [3.63, 3.8) is 0 Å². The van der Waals surface area contributed by atoms with Gasteiger partial charge in [-0.25, -0.2) is 13.6 Å². The smallest absolute Gasteiger partial charge is 0.360 e. The van der Waals surface area contributed by atoms with E-state index in [0.29, 0.717) is 0 Å². The molecule has 1 heterocycles. The lowest BCUT2D eigenvalue weighted by molar-refractivity contribution is -0.144. The summed E-state index contributed by atoms with van der Waals surface area (Å²) in [5, 5.41) is 8.25. The Bertz CT molecular complexity index is 589. The van der Waals surface area contributed by atoms with Gasteiger partial charge < -0.3 is 5.11 Å². The highest BCUT2D eigenvalue weighted by Gasteiger charge is 2.45. The molecule has 0 aromatic heterocycles. The van der Waals surface area contributed by atoms with Gasteiger partial charge in [0.2, 0.25) is 0 Å². The number of carboxylic acid groups (broad SMARTS) is 1. The SMILES string of the molecule is O=C1C(=O)N(C(F)C(=O)O)c2c(F)ccc(Cl)c21. The minimum absolute atomic E-state index is 0.0544. The predicted octanol–water partition coefficient (Wildman–Crippen LogP) is 1.39. The molecule has 1 aliphatic rings. The number of hydrogen-bond acceptors (Lipinski definition) is 3. The topological polar surface area (TPSA) is 74.7 Å². The van der Waals surface area contributed by atoms with E-state index in [0.717, 1.165) is 12.1 Å². The molecule has 18 heavy (non-hydrogen) atoms. The zero-order chi connectivity index (χ0) is 13.6. The maximum Gasteiger partial charge on any atom is 0.360 e. The number of aliphatic carboxylic acids is 1. The number of halogens is 3. The van der Waals surface area contributed by atoms with Crippen molar-refractivity contribution in [3.05, 3.63) is 28.5 Å². The molecule has 5 nitrogen and oxygen atoms in total. The second kappa shape index (κ2) is 4.02. The Morgan fingerprint density at radius 2 is 2.00 bits per heavy atom. The second-order valence-electron chi connectivity index (χ2n) is 3.43. The van der Waals surface area contributed by atoms with Gasteiger partial charge in [-0.15, -0.1) is 0 Å². The van der Waals surface area contributed by atoms with Crippen LogP contribution >= 0.6 is 11.6 Å². The number of carboxylic acids is 1. The quantitative estimate of drug-likeness (QED) is 0.654. The van der Waals surface area contributed by atoms with Crippen molar-refractivity contribution in [1.82, 2.24) is 0 Å². The number of Topliss-reactive ketones (excluding diaryl/α,β-unsaturated/α-hetero) is 1. The van der Waals surface area contributed by atoms with Crippen LogP contribution in [-0.2, 0) is 9.59 Å². The van der Waals surface area contributed by atoms with Crippen LogP contribution in [0.15, 0.2) is 12.1 Å². The van der Waals surface area contributed by atoms with E-state index in [4.69, 9.17) is 16.7 Å². The molecular weight excluding hydrogens is 272 g/mol. The number of benzene rings is 1. The van der Waals surface area contributed by atoms with E-state index in [9.17, 15) is 23.2 Å². The van der Waals surface area contributed by atoms with Gasteiger partial charge in [0, 0.05) is 0 Å². The largest absolute Gasteiger partial charge is 0.478 e. The first-order valence-corrected chi connectivity index (χ1v) is 4.96. The molecule has 0 fully saturated rings. The molecule has 8 heteroatoms. The van der Waals surface area contributed by atoms with Crippen LogP contribution in [0.5, 0.6) is 0 Å². The van der Waals surface area contributed by atoms with Crippen molar-refractivity contribution in [2.45, 2.75) is 6.30 Å². The second-order valence-corrected chi connectivity index (χ2v) is 3.84. The first kappa shape index (κ1) is 12.4. The molecule has 94 valence electrons. The van der Waals surface area contributed by atoms with Crippen molar-refractivity contribution < 1.29 is 28.3 Å². The standard InChI is InChI=1S/C10H4ClF2NO4/c11-3-1-2-4(12)6-5(3)7(15)9(16)14(6)8(13)10(17)18/h1-2,8H,(H,17,18). The average molecular weight is 276 g/mol. The number of fused-ring (bicyclic) bond motifs is 1. The number of ketones is 1. The van der Waals surface area contributed by atoms with Crippen molar-refractivity contribution >= 4 is 34.9 Å². The van der Waals surface area contributed by atoms with Crippen molar-refractivity contribution in [2.24, 2.45) is 0 Å². The Kier molecular flexibility index (Phi) is 2.78. The molecular formula is C10H4ClF2NO4. The maximum atomic E-state index is 13.5. The predicted molar refractivity (Wildman–Crippen MR) is 55.8 cm³/mol. The summed E-state index contributed by atoms with van der Waals surface area (Å²) in [5.74, 6) is -5.81. The minimum Gasteiger partial charge on any atom is -0.478 e. The molecule has 1 aromatic rings. The van der Waals surface area contributed by atoms with E-state index >= 15 is 0 Å². The number of carbonyl (C=O) groups excluding carboxylic acids is 2. The molecule has 1 aliphatic heterocycles. The minimum atomic E-state index is -2.85. The van der Waals surface area contributed by atoms with Crippen molar-refractivity contribution in [2.75, 3.05) is 4.90 Å². The molecule has 0 aliphatic carbocycles. The highest BCUT2D eigenvalue weighted by atomic mass is 35.5. The fourth-order valence-corrected chi connectivity index (χ4v) is 1.88. The van der Waals surface area contributed by atoms with Crippen LogP contribution in [0.3, 0.4) is 0 Å². The highest BCUT2D eigenvalue weighted by Crippen LogP contribution is 2.37. The Labute approximate surface area is 104 Å². The summed E-state index contributed by atoms with van der Waals surface area (Å²) in [6, 6.07) is 1.84. The summed E-state index contributed by atoms with van der Waals surface area (Å²) in [7, 11) is 0. The van der Waals surface area contributed by atoms with E-state index in [2.05, 4.69) is 0 Å². The van der Waals surface area contributed by atoms with Crippen LogP contribution < -0.4 is 4.90 Å². The molecule has 0 saturated heterocycles. The third-order valence-corrected chi connectivity index (χ3v) is 2.70. The van der Waals surface area contributed by atoms with Crippen LogP contribution in [0.4, 0.5) is 14.5 Å². The zero-order valence-corrected chi connectivity index (χ0v) is 9.24. The Hall–Kier alpha value is -2.02.